The van der Waals surface area contributed by atoms with E-state index in [1.165, 1.54) is 7.11 Å². The molecular weight excluding hydrogens is 274 g/mol. The summed E-state index contributed by atoms with van der Waals surface area (Å²) in [6, 6.07) is 8.61. The smallest absolute Gasteiger partial charge is 0.197 e. The van der Waals surface area contributed by atoms with Crippen LogP contribution >= 0.6 is 11.6 Å². The van der Waals surface area contributed by atoms with Crippen LogP contribution in [0, 0.1) is 13.8 Å². The molecule has 0 bridgehead atoms. The minimum absolute atomic E-state index is 0.0980. The first-order chi connectivity index (χ1) is 9.43. The van der Waals surface area contributed by atoms with Crippen LogP contribution in [0.2, 0.25) is 5.02 Å². The molecule has 0 saturated carbocycles. The third kappa shape index (κ3) is 2.63. The zero-order chi connectivity index (χ0) is 14.9. The van der Waals surface area contributed by atoms with Gasteiger partial charge < -0.3 is 10.5 Å². The zero-order valence-corrected chi connectivity index (χ0v) is 12.4. The Morgan fingerprint density at radius 1 is 1.10 bits per heavy atom. The third-order valence-electron chi connectivity index (χ3n) is 3.22. The van der Waals surface area contributed by atoms with Gasteiger partial charge in [0.1, 0.15) is 5.75 Å². The number of hydrogen-bond donors (Lipinski definition) is 1. The van der Waals surface area contributed by atoms with Gasteiger partial charge >= 0.3 is 0 Å². The average Bonchev–Trinajstić information content (AvgIpc) is 2.42. The fraction of sp³-hybridized carbons (Fsp3) is 0.188. The quantitative estimate of drug-likeness (QED) is 0.691. The summed E-state index contributed by atoms with van der Waals surface area (Å²) in [5.41, 5.74) is 9.09. The van der Waals surface area contributed by atoms with E-state index in [2.05, 4.69) is 0 Å². The number of rotatable bonds is 3. The molecule has 3 nitrogen and oxygen atoms in total. The highest BCUT2D eigenvalue weighted by Gasteiger charge is 2.17. The van der Waals surface area contributed by atoms with Crippen LogP contribution in [0.25, 0.3) is 0 Å². The number of hydrogen-bond acceptors (Lipinski definition) is 3. The number of ketones is 1. The number of nitrogens with two attached hydrogens (primary N) is 1. The Hall–Kier alpha value is -2.00. The van der Waals surface area contributed by atoms with Gasteiger partial charge in [-0.15, -0.1) is 0 Å². The van der Waals surface area contributed by atoms with Crippen LogP contribution in [0.1, 0.15) is 27.0 Å². The highest BCUT2D eigenvalue weighted by Crippen LogP contribution is 2.27. The van der Waals surface area contributed by atoms with Gasteiger partial charge in [0.2, 0.25) is 0 Å². The molecule has 104 valence electrons. The van der Waals surface area contributed by atoms with Crippen molar-refractivity contribution in [1.82, 2.24) is 0 Å². The number of carbonyl (C=O) groups excluding carboxylic acids is 1. The summed E-state index contributed by atoms with van der Waals surface area (Å²) in [6.07, 6.45) is 0. The molecule has 0 spiro atoms. The Balaban J connectivity index is 2.54. The normalized spacial score (nSPS) is 10.4. The molecule has 0 atom stereocenters. The fourth-order valence-corrected chi connectivity index (χ4v) is 2.28. The Morgan fingerprint density at radius 2 is 1.80 bits per heavy atom. The maximum atomic E-state index is 12.7. The molecular formula is C16H16ClNO2. The third-order valence-corrected chi connectivity index (χ3v) is 3.63. The van der Waals surface area contributed by atoms with E-state index < -0.39 is 0 Å². The molecule has 2 aromatic rings. The van der Waals surface area contributed by atoms with Gasteiger partial charge in [0.15, 0.2) is 5.78 Å². The lowest BCUT2D eigenvalue weighted by atomic mass is 9.96. The molecule has 2 aromatic carbocycles. The molecule has 0 saturated heterocycles. The molecule has 0 aliphatic rings. The number of anilines is 1. The molecule has 0 unspecified atom stereocenters. The molecule has 0 heterocycles. The predicted octanol–water partition coefficient (Wildman–Crippen LogP) is 3.78. The lowest BCUT2D eigenvalue weighted by Gasteiger charge is -2.11. The maximum Gasteiger partial charge on any atom is 0.197 e. The van der Waals surface area contributed by atoms with Crippen LogP contribution in [0.4, 0.5) is 5.69 Å². The largest absolute Gasteiger partial charge is 0.496 e. The maximum absolute atomic E-state index is 12.7. The van der Waals surface area contributed by atoms with Crippen LogP contribution in [0.15, 0.2) is 30.3 Å². The number of ether oxygens (including phenoxy) is 1. The van der Waals surface area contributed by atoms with Crippen molar-refractivity contribution < 1.29 is 9.53 Å². The number of nitrogen functional groups attached to an aromatic ring is 1. The number of methoxy groups -OCH3 is 1. The van der Waals surface area contributed by atoms with Crippen LogP contribution < -0.4 is 10.5 Å². The van der Waals surface area contributed by atoms with Crippen LogP contribution in [-0.4, -0.2) is 12.9 Å². The molecule has 0 aliphatic carbocycles. The second-order valence-corrected chi connectivity index (χ2v) is 5.11. The summed E-state index contributed by atoms with van der Waals surface area (Å²) in [7, 11) is 1.52. The first-order valence-electron chi connectivity index (χ1n) is 6.19. The van der Waals surface area contributed by atoms with Crippen molar-refractivity contribution in [1.29, 1.82) is 0 Å². The van der Waals surface area contributed by atoms with Crippen molar-refractivity contribution in [3.8, 4) is 5.75 Å². The monoisotopic (exact) mass is 289 g/mol. The highest BCUT2D eigenvalue weighted by atomic mass is 35.5. The fourth-order valence-electron chi connectivity index (χ4n) is 2.07. The van der Waals surface area contributed by atoms with E-state index >= 15 is 0 Å². The van der Waals surface area contributed by atoms with Crippen molar-refractivity contribution in [2.24, 2.45) is 0 Å². The van der Waals surface area contributed by atoms with Crippen LogP contribution in [-0.2, 0) is 0 Å². The SMILES string of the molecule is COc1cc(N)ccc1C(=O)c1cc(C)c(Cl)cc1C. The van der Waals surface area contributed by atoms with E-state index in [1.54, 1.807) is 30.3 Å². The van der Waals surface area contributed by atoms with Crippen molar-refractivity contribution >= 4 is 23.1 Å². The molecule has 0 fully saturated rings. The van der Waals surface area contributed by atoms with Crippen molar-refractivity contribution in [2.45, 2.75) is 13.8 Å². The van der Waals surface area contributed by atoms with Gasteiger partial charge in [-0.05, 0) is 49.2 Å². The van der Waals surface area contributed by atoms with Crippen LogP contribution in [0.5, 0.6) is 5.75 Å². The molecule has 4 heteroatoms. The average molecular weight is 290 g/mol. The molecule has 0 radical (unpaired) electrons. The molecule has 0 aliphatic heterocycles. The van der Waals surface area contributed by atoms with E-state index in [9.17, 15) is 4.79 Å². The molecule has 20 heavy (non-hydrogen) atoms. The lowest BCUT2D eigenvalue weighted by Crippen LogP contribution is -2.07. The molecule has 2 rings (SSSR count). The topological polar surface area (TPSA) is 52.3 Å². The summed E-state index contributed by atoms with van der Waals surface area (Å²) in [4.78, 5) is 12.7. The first-order valence-corrected chi connectivity index (χ1v) is 6.56. The van der Waals surface area contributed by atoms with E-state index in [4.69, 9.17) is 22.1 Å². The Bertz CT molecular complexity index is 680. The first kappa shape index (κ1) is 14.4. The van der Waals surface area contributed by atoms with Gasteiger partial charge in [-0.1, -0.05) is 11.6 Å². The number of halogens is 1. The van der Waals surface area contributed by atoms with Gasteiger partial charge in [-0.3, -0.25) is 4.79 Å². The number of aryl methyl sites for hydroxylation is 2. The Kier molecular flexibility index (Phi) is 4.00. The number of carbonyl (C=O) groups is 1. The minimum Gasteiger partial charge on any atom is -0.496 e. The van der Waals surface area contributed by atoms with Gasteiger partial charge in [0, 0.05) is 22.3 Å². The second-order valence-electron chi connectivity index (χ2n) is 4.71. The summed E-state index contributed by atoms with van der Waals surface area (Å²) in [6.45, 7) is 3.74. The zero-order valence-electron chi connectivity index (χ0n) is 11.7. The summed E-state index contributed by atoms with van der Waals surface area (Å²) in [5, 5.41) is 0.656. The summed E-state index contributed by atoms with van der Waals surface area (Å²) >= 11 is 6.06. The van der Waals surface area contributed by atoms with Crippen molar-refractivity contribution in [2.75, 3.05) is 12.8 Å². The molecule has 2 N–H and O–H groups in total. The van der Waals surface area contributed by atoms with E-state index in [1.807, 2.05) is 13.8 Å². The summed E-state index contributed by atoms with van der Waals surface area (Å²) in [5.74, 6) is 0.376. The summed E-state index contributed by atoms with van der Waals surface area (Å²) < 4.78 is 5.24. The van der Waals surface area contributed by atoms with E-state index in [-0.39, 0.29) is 5.78 Å². The van der Waals surface area contributed by atoms with Gasteiger partial charge in [0.25, 0.3) is 0 Å². The highest BCUT2D eigenvalue weighted by molar-refractivity contribution is 6.31. The van der Waals surface area contributed by atoms with Crippen molar-refractivity contribution in [3.63, 3.8) is 0 Å². The second kappa shape index (κ2) is 5.55. The predicted molar refractivity (Wildman–Crippen MR) is 81.8 cm³/mol. The molecule has 0 aromatic heterocycles. The lowest BCUT2D eigenvalue weighted by molar-refractivity contribution is 0.103. The van der Waals surface area contributed by atoms with Crippen LogP contribution in [0.3, 0.4) is 0 Å². The van der Waals surface area contributed by atoms with Gasteiger partial charge in [-0.25, -0.2) is 0 Å². The van der Waals surface area contributed by atoms with Gasteiger partial charge in [-0.2, -0.15) is 0 Å². The van der Waals surface area contributed by atoms with E-state index in [0.717, 1.165) is 11.1 Å². The number of benzene rings is 2. The Labute approximate surface area is 123 Å². The van der Waals surface area contributed by atoms with E-state index in [0.29, 0.717) is 27.6 Å². The molecule has 0 amide bonds. The Morgan fingerprint density at radius 3 is 2.45 bits per heavy atom. The van der Waals surface area contributed by atoms with Crippen molar-refractivity contribution in [3.05, 3.63) is 57.6 Å². The minimum atomic E-state index is -0.0980. The van der Waals surface area contributed by atoms with Gasteiger partial charge in [0.05, 0.1) is 12.7 Å². The standard InChI is InChI=1S/C16H16ClNO2/c1-9-7-14(17)10(2)6-13(9)16(19)12-5-4-11(18)8-15(12)20-3/h4-8H,18H2,1-3H3.